The molecule has 0 radical (unpaired) electrons. The predicted octanol–water partition coefficient (Wildman–Crippen LogP) is 2.92. The maximum absolute atomic E-state index is 12.5. The topological polar surface area (TPSA) is 90.3 Å². The lowest BCUT2D eigenvalue weighted by Gasteiger charge is -2.18. The molecule has 28 heavy (non-hydrogen) atoms. The van der Waals surface area contributed by atoms with Crippen LogP contribution in [0, 0.1) is 11.3 Å². The normalized spacial score (nSPS) is 11.5. The highest BCUT2D eigenvalue weighted by molar-refractivity contribution is 7.89. The van der Waals surface area contributed by atoms with Crippen LogP contribution in [-0.2, 0) is 21.4 Å². The molecule has 6 nitrogen and oxygen atoms in total. The lowest BCUT2D eigenvalue weighted by Crippen LogP contribution is -2.30. The molecule has 0 bridgehead atoms. The van der Waals surface area contributed by atoms with Crippen LogP contribution in [0.1, 0.15) is 30.5 Å². The van der Waals surface area contributed by atoms with Gasteiger partial charge in [-0.05, 0) is 41.5 Å². The second-order valence-corrected chi connectivity index (χ2v) is 7.96. The highest BCUT2D eigenvalue weighted by atomic mass is 32.2. The fraction of sp³-hybridized carbons (Fsp3) is 0.238. The smallest absolute Gasteiger partial charge is 0.244 e. The van der Waals surface area contributed by atoms with Gasteiger partial charge in [-0.25, -0.2) is 8.42 Å². The molecule has 0 spiro atoms. The van der Waals surface area contributed by atoms with Gasteiger partial charge in [-0.2, -0.15) is 9.57 Å². The fourth-order valence-electron chi connectivity index (χ4n) is 2.63. The molecule has 146 valence electrons. The van der Waals surface area contributed by atoms with Crippen molar-refractivity contribution in [1.29, 1.82) is 5.26 Å². The van der Waals surface area contributed by atoms with Crippen LogP contribution in [0.4, 0.5) is 0 Å². The van der Waals surface area contributed by atoms with E-state index >= 15 is 0 Å². The molecule has 0 heterocycles. The van der Waals surface area contributed by atoms with Crippen molar-refractivity contribution in [2.75, 3.05) is 13.1 Å². The molecule has 0 unspecified atom stereocenters. The molecule has 1 amide bonds. The molecule has 2 rings (SSSR count). The fourth-order valence-corrected chi connectivity index (χ4v) is 4.09. The number of rotatable bonds is 8. The largest absolute Gasteiger partial charge is 0.348 e. The van der Waals surface area contributed by atoms with E-state index in [4.69, 9.17) is 5.26 Å². The Labute approximate surface area is 166 Å². The maximum atomic E-state index is 12.5. The molecule has 7 heteroatoms. The number of hydrogen-bond acceptors (Lipinski definition) is 4. The summed E-state index contributed by atoms with van der Waals surface area (Å²) in [6.07, 6.45) is 3.01. The van der Waals surface area contributed by atoms with Crippen molar-refractivity contribution in [3.8, 4) is 6.07 Å². The standard InChI is InChI=1S/C21H23N3O3S/c1-3-24(4-2)28(26,27)20-11-8-17(9-12-20)10-13-21(25)23-16-19-7-5-6-18(14-19)15-22/h5-14H,3-4,16H2,1-2H3,(H,23,25)/b13-10+. The Bertz CT molecular complexity index is 986. The SMILES string of the molecule is CCN(CC)S(=O)(=O)c1ccc(/C=C/C(=O)NCc2cccc(C#N)c2)cc1. The van der Waals surface area contributed by atoms with Crippen molar-refractivity contribution in [2.45, 2.75) is 25.3 Å². The van der Waals surface area contributed by atoms with Crippen molar-refractivity contribution in [3.05, 3.63) is 71.3 Å². The minimum absolute atomic E-state index is 0.232. The Morgan fingerprint density at radius 2 is 1.82 bits per heavy atom. The van der Waals surface area contributed by atoms with E-state index in [0.717, 1.165) is 11.1 Å². The number of carbonyl (C=O) groups excluding carboxylic acids is 1. The number of amides is 1. The molecule has 0 atom stereocenters. The third kappa shape index (κ3) is 5.52. The van der Waals surface area contributed by atoms with Gasteiger partial charge in [0.05, 0.1) is 16.5 Å². The molecule has 0 fully saturated rings. The Morgan fingerprint density at radius 3 is 2.43 bits per heavy atom. The summed E-state index contributed by atoms with van der Waals surface area (Å²) in [4.78, 5) is 12.2. The lowest BCUT2D eigenvalue weighted by atomic mass is 10.1. The first-order valence-electron chi connectivity index (χ1n) is 8.95. The van der Waals surface area contributed by atoms with Gasteiger partial charge in [0.25, 0.3) is 0 Å². The summed E-state index contributed by atoms with van der Waals surface area (Å²) in [5.41, 5.74) is 2.11. The number of hydrogen-bond donors (Lipinski definition) is 1. The summed E-state index contributed by atoms with van der Waals surface area (Å²) >= 11 is 0. The molecule has 2 aromatic rings. The summed E-state index contributed by atoms with van der Waals surface area (Å²) in [6.45, 7) is 4.75. The molecular formula is C21H23N3O3S. The van der Waals surface area contributed by atoms with Crippen LogP contribution in [-0.4, -0.2) is 31.7 Å². The third-order valence-electron chi connectivity index (χ3n) is 4.17. The van der Waals surface area contributed by atoms with Crippen molar-refractivity contribution < 1.29 is 13.2 Å². The highest BCUT2D eigenvalue weighted by Crippen LogP contribution is 2.16. The van der Waals surface area contributed by atoms with Crippen molar-refractivity contribution in [2.24, 2.45) is 0 Å². The second kappa shape index (κ2) is 9.83. The Balaban J connectivity index is 1.98. The summed E-state index contributed by atoms with van der Waals surface area (Å²) in [7, 11) is -3.49. The van der Waals surface area contributed by atoms with E-state index in [1.54, 1.807) is 62.4 Å². The molecule has 0 aromatic heterocycles. The number of nitriles is 1. The molecule has 2 aromatic carbocycles. The Hall–Kier alpha value is -2.95. The quantitative estimate of drug-likeness (QED) is 0.694. The molecule has 0 aliphatic carbocycles. The summed E-state index contributed by atoms with van der Waals surface area (Å²) in [5.74, 6) is -0.276. The molecular weight excluding hydrogens is 374 g/mol. The number of carbonyl (C=O) groups is 1. The Kier molecular flexibility index (Phi) is 7.50. The first-order chi connectivity index (χ1) is 13.4. The van der Waals surface area contributed by atoms with Crippen molar-refractivity contribution in [3.63, 3.8) is 0 Å². The van der Waals surface area contributed by atoms with Crippen LogP contribution in [0.25, 0.3) is 6.08 Å². The molecule has 0 aliphatic rings. The molecule has 0 saturated carbocycles. The number of nitrogens with one attached hydrogen (secondary N) is 1. The monoisotopic (exact) mass is 397 g/mol. The summed E-state index contributed by atoms with van der Waals surface area (Å²) in [5, 5.41) is 11.6. The minimum atomic E-state index is -3.49. The number of nitrogens with zero attached hydrogens (tertiary/aromatic N) is 2. The predicted molar refractivity (Wildman–Crippen MR) is 109 cm³/mol. The van der Waals surface area contributed by atoms with Crippen LogP contribution in [0.3, 0.4) is 0 Å². The van der Waals surface area contributed by atoms with Gasteiger partial charge in [0.2, 0.25) is 15.9 Å². The van der Waals surface area contributed by atoms with Gasteiger partial charge in [-0.3, -0.25) is 4.79 Å². The minimum Gasteiger partial charge on any atom is -0.348 e. The van der Waals surface area contributed by atoms with E-state index in [2.05, 4.69) is 11.4 Å². The third-order valence-corrected chi connectivity index (χ3v) is 6.24. The van der Waals surface area contributed by atoms with Crippen LogP contribution < -0.4 is 5.32 Å². The zero-order valence-electron chi connectivity index (χ0n) is 15.9. The first kappa shape index (κ1) is 21.4. The van der Waals surface area contributed by atoms with E-state index in [1.165, 1.54) is 10.4 Å². The molecule has 1 N–H and O–H groups in total. The van der Waals surface area contributed by atoms with Gasteiger partial charge >= 0.3 is 0 Å². The lowest BCUT2D eigenvalue weighted by molar-refractivity contribution is -0.116. The van der Waals surface area contributed by atoms with Crippen LogP contribution in [0.5, 0.6) is 0 Å². The van der Waals surface area contributed by atoms with E-state index in [1.807, 2.05) is 6.07 Å². The number of sulfonamides is 1. The summed E-state index contributed by atoms with van der Waals surface area (Å²) in [6, 6.07) is 15.5. The highest BCUT2D eigenvalue weighted by Gasteiger charge is 2.20. The number of benzene rings is 2. The molecule has 0 aliphatic heterocycles. The van der Waals surface area contributed by atoms with Gasteiger partial charge in [0, 0.05) is 25.7 Å². The zero-order chi connectivity index (χ0) is 20.6. The molecule has 0 saturated heterocycles. The first-order valence-corrected chi connectivity index (χ1v) is 10.4. The van der Waals surface area contributed by atoms with Crippen molar-refractivity contribution in [1.82, 2.24) is 9.62 Å². The van der Waals surface area contributed by atoms with E-state index < -0.39 is 10.0 Å². The second-order valence-electron chi connectivity index (χ2n) is 6.02. The van der Waals surface area contributed by atoms with Gasteiger partial charge < -0.3 is 5.32 Å². The van der Waals surface area contributed by atoms with Gasteiger partial charge in [0.15, 0.2) is 0 Å². The van der Waals surface area contributed by atoms with Gasteiger partial charge in [-0.15, -0.1) is 0 Å². The van der Waals surface area contributed by atoms with Gasteiger partial charge in [-0.1, -0.05) is 38.1 Å². The zero-order valence-corrected chi connectivity index (χ0v) is 16.7. The Morgan fingerprint density at radius 1 is 1.14 bits per heavy atom. The van der Waals surface area contributed by atoms with Crippen LogP contribution in [0.2, 0.25) is 0 Å². The average molecular weight is 398 g/mol. The van der Waals surface area contributed by atoms with Crippen LogP contribution in [0.15, 0.2) is 59.5 Å². The van der Waals surface area contributed by atoms with Crippen LogP contribution >= 0.6 is 0 Å². The van der Waals surface area contributed by atoms with E-state index in [0.29, 0.717) is 25.2 Å². The van der Waals surface area contributed by atoms with Gasteiger partial charge in [0.1, 0.15) is 0 Å². The average Bonchev–Trinajstić information content (AvgIpc) is 2.72. The summed E-state index contributed by atoms with van der Waals surface area (Å²) < 4.78 is 26.3. The maximum Gasteiger partial charge on any atom is 0.244 e. The van der Waals surface area contributed by atoms with Crippen molar-refractivity contribution >= 4 is 22.0 Å². The van der Waals surface area contributed by atoms with E-state index in [-0.39, 0.29) is 10.8 Å². The van der Waals surface area contributed by atoms with E-state index in [9.17, 15) is 13.2 Å².